The number of anilines is 1. The molecular weight excluding hydrogens is 492 g/mol. The molecule has 6 nitrogen and oxygen atoms in total. The van der Waals surface area contributed by atoms with E-state index in [4.69, 9.17) is 21.7 Å². The van der Waals surface area contributed by atoms with Crippen molar-refractivity contribution in [2.24, 2.45) is 0 Å². The van der Waals surface area contributed by atoms with Crippen molar-refractivity contribution in [2.45, 2.75) is 40.2 Å². The fourth-order valence-electron chi connectivity index (χ4n) is 3.32. The van der Waals surface area contributed by atoms with Crippen molar-refractivity contribution >= 4 is 56.8 Å². The molecule has 1 aliphatic rings. The fraction of sp³-hybridized carbons (Fsp3) is 0.292. The number of methoxy groups -OCH3 is 1. The molecule has 0 radical (unpaired) electrons. The van der Waals surface area contributed by atoms with Gasteiger partial charge in [0.05, 0.1) is 23.4 Å². The van der Waals surface area contributed by atoms with Gasteiger partial charge in [0.15, 0.2) is 16.6 Å². The molecule has 3 rings (SSSR count). The van der Waals surface area contributed by atoms with Crippen LogP contribution in [0.15, 0.2) is 40.4 Å². The molecule has 0 bridgehead atoms. The third-order valence-corrected chi connectivity index (χ3v) is 6.03. The number of halogens is 1. The average Bonchev–Trinajstić information content (AvgIpc) is 2.73. The summed E-state index contributed by atoms with van der Waals surface area (Å²) in [6.45, 7) is 7.87. The minimum absolute atomic E-state index is 0.00224. The number of carbonyl (C=O) groups excluding carboxylic acids is 2. The van der Waals surface area contributed by atoms with E-state index >= 15 is 0 Å². The number of aryl methyl sites for hydroxylation is 2. The van der Waals surface area contributed by atoms with E-state index in [2.05, 4.69) is 21.2 Å². The van der Waals surface area contributed by atoms with Gasteiger partial charge in [-0.2, -0.15) is 0 Å². The minimum Gasteiger partial charge on any atom is -0.493 e. The van der Waals surface area contributed by atoms with Crippen LogP contribution in [0.4, 0.5) is 5.69 Å². The van der Waals surface area contributed by atoms with Gasteiger partial charge in [0, 0.05) is 0 Å². The summed E-state index contributed by atoms with van der Waals surface area (Å²) < 4.78 is 12.1. The normalized spacial score (nSPS) is 16.2. The molecule has 0 unspecified atom stereocenters. The van der Waals surface area contributed by atoms with Crippen LogP contribution in [-0.4, -0.2) is 30.1 Å². The molecule has 1 atom stereocenters. The van der Waals surface area contributed by atoms with Crippen molar-refractivity contribution in [2.75, 3.05) is 12.0 Å². The largest absolute Gasteiger partial charge is 0.493 e. The van der Waals surface area contributed by atoms with Crippen molar-refractivity contribution in [1.82, 2.24) is 5.32 Å². The highest BCUT2D eigenvalue weighted by molar-refractivity contribution is 9.10. The summed E-state index contributed by atoms with van der Waals surface area (Å²) in [5, 5.41) is 2.68. The zero-order chi connectivity index (χ0) is 23.6. The van der Waals surface area contributed by atoms with E-state index in [9.17, 15) is 9.59 Å². The molecule has 0 aliphatic carbocycles. The first-order chi connectivity index (χ1) is 15.2. The summed E-state index contributed by atoms with van der Waals surface area (Å²) >= 11 is 8.82. The molecule has 1 fully saturated rings. The molecule has 0 aromatic heterocycles. The number of ether oxygens (including phenoxy) is 2. The molecule has 0 spiro atoms. The molecule has 1 heterocycles. The number of amides is 2. The summed E-state index contributed by atoms with van der Waals surface area (Å²) in [6.07, 6.45) is 2.36. The third-order valence-electron chi connectivity index (χ3n) is 5.15. The van der Waals surface area contributed by atoms with Crippen LogP contribution in [0.3, 0.4) is 0 Å². The minimum atomic E-state index is -0.545. The molecule has 8 heteroatoms. The van der Waals surface area contributed by atoms with E-state index < -0.39 is 11.8 Å². The van der Waals surface area contributed by atoms with Gasteiger partial charge in [-0.15, -0.1) is 0 Å². The maximum Gasteiger partial charge on any atom is 0.270 e. The summed E-state index contributed by atoms with van der Waals surface area (Å²) in [5.74, 6) is 0.0372. The standard InChI is InChI=1S/C24H25BrN2O4S/c1-6-15(4)31-21-18(25)11-16(12-20(21)30-5)10-17-22(28)26-24(32)27(23(17)29)19-8-7-13(2)9-14(19)3/h7-12,15H,6H2,1-5H3,(H,26,28,32)/b17-10+/t15-/m0/s1. The number of thiocarbonyl (C=S) groups is 1. The number of benzene rings is 2. The maximum atomic E-state index is 13.3. The predicted molar refractivity (Wildman–Crippen MR) is 133 cm³/mol. The second-order valence-electron chi connectivity index (χ2n) is 7.62. The van der Waals surface area contributed by atoms with Crippen LogP contribution in [0, 0.1) is 13.8 Å². The van der Waals surface area contributed by atoms with Crippen LogP contribution in [0.5, 0.6) is 11.5 Å². The van der Waals surface area contributed by atoms with E-state index in [1.165, 1.54) is 11.0 Å². The second kappa shape index (κ2) is 9.83. The highest BCUT2D eigenvalue weighted by Crippen LogP contribution is 2.38. The smallest absolute Gasteiger partial charge is 0.270 e. The average molecular weight is 517 g/mol. The summed E-state index contributed by atoms with van der Waals surface area (Å²) in [4.78, 5) is 27.3. The van der Waals surface area contributed by atoms with E-state index in [-0.39, 0.29) is 16.8 Å². The van der Waals surface area contributed by atoms with Crippen molar-refractivity contribution in [1.29, 1.82) is 0 Å². The van der Waals surface area contributed by atoms with Gasteiger partial charge in [0.2, 0.25) is 0 Å². The molecule has 2 aromatic carbocycles. The van der Waals surface area contributed by atoms with Gasteiger partial charge in [-0.05, 0) is 90.7 Å². The van der Waals surface area contributed by atoms with Gasteiger partial charge in [-0.25, -0.2) is 0 Å². The third kappa shape index (κ3) is 4.86. The van der Waals surface area contributed by atoms with Gasteiger partial charge >= 0.3 is 0 Å². The van der Waals surface area contributed by atoms with Crippen molar-refractivity contribution in [3.8, 4) is 11.5 Å². The highest BCUT2D eigenvalue weighted by Gasteiger charge is 2.35. The van der Waals surface area contributed by atoms with Crippen molar-refractivity contribution < 1.29 is 19.1 Å². The van der Waals surface area contributed by atoms with E-state index in [0.29, 0.717) is 27.2 Å². The lowest BCUT2D eigenvalue weighted by atomic mass is 10.0. The quantitative estimate of drug-likeness (QED) is 0.329. The molecule has 168 valence electrons. The van der Waals surface area contributed by atoms with E-state index in [0.717, 1.165) is 17.5 Å². The molecular formula is C24H25BrN2O4S. The Hall–Kier alpha value is -2.71. The van der Waals surface area contributed by atoms with Crippen molar-refractivity contribution in [3.63, 3.8) is 0 Å². The summed E-state index contributed by atoms with van der Waals surface area (Å²) in [7, 11) is 1.54. The van der Waals surface area contributed by atoms with Crippen molar-refractivity contribution in [3.05, 3.63) is 57.1 Å². The SMILES string of the molecule is CC[C@H](C)Oc1c(Br)cc(/C=C2\C(=O)NC(=S)N(c3ccc(C)cc3C)C2=O)cc1OC. The Balaban J connectivity index is 2.03. The number of rotatable bonds is 6. The Morgan fingerprint density at radius 3 is 2.56 bits per heavy atom. The predicted octanol–water partition coefficient (Wildman–Crippen LogP) is 5.08. The van der Waals surface area contributed by atoms with Gasteiger partial charge in [-0.3, -0.25) is 19.8 Å². The van der Waals surface area contributed by atoms with Crippen LogP contribution in [0.25, 0.3) is 6.08 Å². The Labute approximate surface area is 201 Å². The molecule has 1 N–H and O–H groups in total. The molecule has 1 saturated heterocycles. The van der Waals surface area contributed by atoms with Crippen LogP contribution in [-0.2, 0) is 9.59 Å². The van der Waals surface area contributed by atoms with Gasteiger partial charge in [-0.1, -0.05) is 24.6 Å². The first kappa shape index (κ1) is 23.9. The monoisotopic (exact) mass is 516 g/mol. The summed E-state index contributed by atoms with van der Waals surface area (Å²) in [5.41, 5.74) is 3.16. The second-order valence-corrected chi connectivity index (χ2v) is 8.86. The molecule has 1 aliphatic heterocycles. The van der Waals surface area contributed by atoms with Crippen LogP contribution < -0.4 is 19.7 Å². The van der Waals surface area contributed by atoms with Gasteiger partial charge in [0.1, 0.15) is 5.57 Å². The first-order valence-corrected chi connectivity index (χ1v) is 11.4. The Morgan fingerprint density at radius 2 is 1.94 bits per heavy atom. The van der Waals surface area contributed by atoms with Gasteiger partial charge in [0.25, 0.3) is 11.8 Å². The molecule has 2 amide bonds. The highest BCUT2D eigenvalue weighted by atomic mass is 79.9. The zero-order valence-corrected chi connectivity index (χ0v) is 21.0. The maximum absolute atomic E-state index is 13.3. The number of hydrogen-bond donors (Lipinski definition) is 1. The van der Waals surface area contributed by atoms with Crippen LogP contribution in [0.1, 0.15) is 37.0 Å². The molecule has 2 aromatic rings. The summed E-state index contributed by atoms with van der Waals surface area (Å²) in [6, 6.07) is 9.19. The Kier molecular flexibility index (Phi) is 7.36. The van der Waals surface area contributed by atoms with Crippen LogP contribution in [0.2, 0.25) is 0 Å². The number of nitrogens with one attached hydrogen (secondary N) is 1. The number of nitrogens with zero attached hydrogens (tertiary/aromatic N) is 1. The molecule has 0 saturated carbocycles. The number of hydrogen-bond acceptors (Lipinski definition) is 5. The number of carbonyl (C=O) groups is 2. The lowest BCUT2D eigenvalue weighted by Gasteiger charge is -2.30. The Bertz CT molecular complexity index is 1130. The lowest BCUT2D eigenvalue weighted by Crippen LogP contribution is -2.54. The van der Waals surface area contributed by atoms with E-state index in [1.54, 1.807) is 19.2 Å². The zero-order valence-electron chi connectivity index (χ0n) is 18.6. The first-order valence-electron chi connectivity index (χ1n) is 10.2. The lowest BCUT2D eigenvalue weighted by molar-refractivity contribution is -0.122. The van der Waals surface area contributed by atoms with Gasteiger partial charge < -0.3 is 9.47 Å². The van der Waals surface area contributed by atoms with E-state index in [1.807, 2.05) is 45.9 Å². The molecule has 32 heavy (non-hydrogen) atoms. The van der Waals surface area contributed by atoms with Crippen LogP contribution >= 0.6 is 28.1 Å². The topological polar surface area (TPSA) is 67.9 Å². The fourth-order valence-corrected chi connectivity index (χ4v) is 4.15. The Morgan fingerprint density at radius 1 is 1.22 bits per heavy atom.